The summed E-state index contributed by atoms with van der Waals surface area (Å²) in [5.41, 5.74) is 0. The molecule has 1 aliphatic carbocycles. The molecule has 8 heteroatoms. The van der Waals surface area contributed by atoms with Crippen molar-refractivity contribution in [3.63, 3.8) is 0 Å². The van der Waals surface area contributed by atoms with Gasteiger partial charge in [-0.3, -0.25) is 9.59 Å². The van der Waals surface area contributed by atoms with Crippen LogP contribution in [0.3, 0.4) is 0 Å². The zero-order valence-electron chi connectivity index (χ0n) is 13.8. The second-order valence-electron chi connectivity index (χ2n) is 6.64. The number of carboxylic acids is 1. The van der Waals surface area contributed by atoms with Crippen molar-refractivity contribution in [1.29, 1.82) is 0 Å². The van der Waals surface area contributed by atoms with Gasteiger partial charge in [0.15, 0.2) is 0 Å². The van der Waals surface area contributed by atoms with Gasteiger partial charge < -0.3 is 10.4 Å². The average molecular weight is 366 g/mol. The Kier molecular flexibility index (Phi) is 5.10. The Bertz CT molecular complexity index is 750. The Balaban J connectivity index is 1.69. The molecule has 25 heavy (non-hydrogen) atoms. The highest BCUT2D eigenvalue weighted by Gasteiger charge is 2.40. The topological polar surface area (TPSA) is 104 Å². The van der Waals surface area contributed by atoms with Crippen molar-refractivity contribution in [1.82, 2.24) is 9.62 Å². The summed E-state index contributed by atoms with van der Waals surface area (Å²) >= 11 is 0. The molecule has 1 saturated heterocycles. The molecule has 0 aromatic heterocycles. The SMILES string of the molecule is O=C(N[C@@H]1CC[C@H](C(=O)O)C1)C1CCCN1S(=O)(=O)c1ccccc1. The Labute approximate surface area is 147 Å². The minimum Gasteiger partial charge on any atom is -0.481 e. The number of nitrogens with zero attached hydrogens (tertiary/aromatic N) is 1. The molecule has 2 N–H and O–H groups in total. The van der Waals surface area contributed by atoms with E-state index in [0.717, 1.165) is 0 Å². The van der Waals surface area contributed by atoms with Gasteiger partial charge in [-0.1, -0.05) is 18.2 Å². The summed E-state index contributed by atoms with van der Waals surface area (Å²) in [4.78, 5) is 23.8. The van der Waals surface area contributed by atoms with Crippen molar-refractivity contribution < 1.29 is 23.1 Å². The van der Waals surface area contributed by atoms with Crippen LogP contribution in [0.15, 0.2) is 35.2 Å². The van der Waals surface area contributed by atoms with Gasteiger partial charge in [-0.15, -0.1) is 0 Å². The van der Waals surface area contributed by atoms with Crippen LogP contribution in [0.25, 0.3) is 0 Å². The fourth-order valence-electron chi connectivity index (χ4n) is 3.65. The molecule has 1 heterocycles. The summed E-state index contributed by atoms with van der Waals surface area (Å²) in [6.45, 7) is 0.317. The lowest BCUT2D eigenvalue weighted by Gasteiger charge is -2.25. The van der Waals surface area contributed by atoms with E-state index in [1.807, 2.05) is 0 Å². The molecule has 1 unspecified atom stereocenters. The average Bonchev–Trinajstić information content (AvgIpc) is 3.25. The van der Waals surface area contributed by atoms with Gasteiger partial charge in [0.25, 0.3) is 0 Å². The minimum absolute atomic E-state index is 0.182. The number of rotatable bonds is 5. The van der Waals surface area contributed by atoms with Crippen LogP contribution in [0.5, 0.6) is 0 Å². The molecule has 1 aromatic rings. The van der Waals surface area contributed by atoms with Gasteiger partial charge in [0.05, 0.1) is 10.8 Å². The van der Waals surface area contributed by atoms with Crippen molar-refractivity contribution >= 4 is 21.9 Å². The van der Waals surface area contributed by atoms with Crippen LogP contribution in [0, 0.1) is 5.92 Å². The molecule has 0 spiro atoms. The maximum absolute atomic E-state index is 12.8. The third kappa shape index (κ3) is 3.69. The highest BCUT2D eigenvalue weighted by Crippen LogP contribution is 2.28. The van der Waals surface area contributed by atoms with Crippen LogP contribution in [0.1, 0.15) is 32.1 Å². The number of hydrogen-bond donors (Lipinski definition) is 2. The molecule has 1 aromatic carbocycles. The first-order chi connectivity index (χ1) is 11.9. The maximum atomic E-state index is 12.8. The van der Waals surface area contributed by atoms with Crippen LogP contribution >= 0.6 is 0 Å². The van der Waals surface area contributed by atoms with E-state index in [0.29, 0.717) is 38.6 Å². The molecule has 1 amide bonds. The molecule has 3 rings (SSSR count). The van der Waals surface area contributed by atoms with E-state index in [-0.39, 0.29) is 16.8 Å². The summed E-state index contributed by atoms with van der Waals surface area (Å²) in [5.74, 6) is -1.60. The normalized spacial score (nSPS) is 27.3. The number of carboxylic acid groups (broad SMARTS) is 1. The Morgan fingerprint density at radius 3 is 2.48 bits per heavy atom. The van der Waals surface area contributed by atoms with E-state index in [4.69, 9.17) is 5.11 Å². The van der Waals surface area contributed by atoms with E-state index in [1.165, 1.54) is 16.4 Å². The van der Waals surface area contributed by atoms with Gasteiger partial charge >= 0.3 is 5.97 Å². The van der Waals surface area contributed by atoms with E-state index in [1.54, 1.807) is 18.2 Å². The summed E-state index contributed by atoms with van der Waals surface area (Å²) < 4.78 is 26.9. The fraction of sp³-hybridized carbons (Fsp3) is 0.529. The summed E-state index contributed by atoms with van der Waals surface area (Å²) in [5, 5.41) is 11.9. The lowest BCUT2D eigenvalue weighted by Crippen LogP contribution is -2.48. The predicted molar refractivity (Wildman–Crippen MR) is 90.3 cm³/mol. The van der Waals surface area contributed by atoms with E-state index < -0.39 is 28.0 Å². The third-order valence-corrected chi connectivity index (χ3v) is 6.91. The largest absolute Gasteiger partial charge is 0.481 e. The lowest BCUT2D eigenvalue weighted by molar-refractivity contribution is -0.141. The number of carbonyl (C=O) groups is 2. The van der Waals surface area contributed by atoms with Gasteiger partial charge in [-0.05, 0) is 44.2 Å². The molecule has 0 bridgehead atoms. The third-order valence-electron chi connectivity index (χ3n) is 4.98. The highest BCUT2D eigenvalue weighted by atomic mass is 32.2. The van der Waals surface area contributed by atoms with Gasteiger partial charge in [0, 0.05) is 12.6 Å². The predicted octanol–water partition coefficient (Wildman–Crippen LogP) is 1.21. The van der Waals surface area contributed by atoms with Crippen LogP contribution in [-0.4, -0.2) is 48.3 Å². The van der Waals surface area contributed by atoms with Gasteiger partial charge in [0.2, 0.25) is 15.9 Å². The van der Waals surface area contributed by atoms with E-state index >= 15 is 0 Å². The van der Waals surface area contributed by atoms with Crippen LogP contribution in [0.4, 0.5) is 0 Å². The van der Waals surface area contributed by atoms with Gasteiger partial charge in [-0.2, -0.15) is 4.31 Å². The number of aliphatic carboxylic acids is 1. The first kappa shape index (κ1) is 17.9. The molecule has 2 fully saturated rings. The number of sulfonamides is 1. The van der Waals surface area contributed by atoms with E-state index in [9.17, 15) is 18.0 Å². The van der Waals surface area contributed by atoms with Gasteiger partial charge in [0.1, 0.15) is 6.04 Å². The molecular formula is C17H22N2O5S. The first-order valence-corrected chi connectivity index (χ1v) is 9.93. The highest BCUT2D eigenvalue weighted by molar-refractivity contribution is 7.89. The summed E-state index contributed by atoms with van der Waals surface area (Å²) in [6, 6.07) is 7.18. The summed E-state index contributed by atoms with van der Waals surface area (Å²) in [7, 11) is -3.71. The maximum Gasteiger partial charge on any atom is 0.306 e. The Morgan fingerprint density at radius 1 is 1.12 bits per heavy atom. The van der Waals surface area contributed by atoms with Crippen molar-refractivity contribution in [3.8, 4) is 0 Å². The smallest absolute Gasteiger partial charge is 0.306 e. The van der Waals surface area contributed by atoms with Crippen molar-refractivity contribution in [2.45, 2.75) is 49.1 Å². The first-order valence-electron chi connectivity index (χ1n) is 8.49. The van der Waals surface area contributed by atoms with Crippen molar-refractivity contribution in [2.24, 2.45) is 5.92 Å². The van der Waals surface area contributed by atoms with Crippen LogP contribution in [-0.2, 0) is 19.6 Å². The number of nitrogens with one attached hydrogen (secondary N) is 1. The number of carbonyl (C=O) groups excluding carboxylic acids is 1. The van der Waals surface area contributed by atoms with Crippen LogP contribution in [0.2, 0.25) is 0 Å². The number of amides is 1. The quantitative estimate of drug-likeness (QED) is 0.815. The molecule has 136 valence electrons. The van der Waals surface area contributed by atoms with Crippen LogP contribution < -0.4 is 5.32 Å². The Morgan fingerprint density at radius 2 is 1.84 bits per heavy atom. The standard InChI is InChI=1S/C17H22N2O5S/c20-16(18-13-9-8-12(11-13)17(21)22)15-7-4-10-19(15)25(23,24)14-5-2-1-3-6-14/h1-3,5-6,12-13,15H,4,7-11H2,(H,18,20)(H,21,22)/t12-,13+,15?/m0/s1. The Hall–Kier alpha value is -1.93. The van der Waals surface area contributed by atoms with Gasteiger partial charge in [-0.25, -0.2) is 8.42 Å². The fourth-order valence-corrected chi connectivity index (χ4v) is 5.33. The zero-order chi connectivity index (χ0) is 18.0. The van der Waals surface area contributed by atoms with E-state index in [2.05, 4.69) is 5.32 Å². The molecule has 7 nitrogen and oxygen atoms in total. The second kappa shape index (κ2) is 7.13. The number of benzene rings is 1. The lowest BCUT2D eigenvalue weighted by atomic mass is 10.1. The minimum atomic E-state index is -3.71. The molecular weight excluding hydrogens is 344 g/mol. The summed E-state index contributed by atoms with van der Waals surface area (Å²) in [6.07, 6.45) is 2.66. The molecule has 0 radical (unpaired) electrons. The molecule has 1 saturated carbocycles. The molecule has 2 aliphatic rings. The monoisotopic (exact) mass is 366 g/mol. The second-order valence-corrected chi connectivity index (χ2v) is 8.53. The number of hydrogen-bond acceptors (Lipinski definition) is 4. The van der Waals surface area contributed by atoms with Crippen molar-refractivity contribution in [3.05, 3.63) is 30.3 Å². The zero-order valence-corrected chi connectivity index (χ0v) is 14.6. The molecule has 1 aliphatic heterocycles. The van der Waals surface area contributed by atoms with Crippen molar-refractivity contribution in [2.75, 3.05) is 6.54 Å². The molecule has 3 atom stereocenters.